The molecule has 1 saturated heterocycles. The molecule has 4 rings (SSSR count). The molecule has 0 unspecified atom stereocenters. The molecular weight excluding hydrogens is 412 g/mol. The number of rotatable bonds is 4. The minimum atomic E-state index is -3.80. The van der Waals surface area contributed by atoms with Gasteiger partial charge in [0.25, 0.3) is 10.0 Å². The third-order valence-electron chi connectivity index (χ3n) is 5.59. The van der Waals surface area contributed by atoms with Gasteiger partial charge in [0, 0.05) is 25.5 Å². The standard InChI is InChI=1S/C17H19N3O3S.C6H13N/c1-4-20(15-6-5-9-18-13(15)2)24(21,22)14-7-8-16-17(12-14)23-11-10-19(16)3;1-6-2-4-7-5-3-6/h4-9,12H,1,10-11H2,2-3H3;6-7H,2-5H2,1H3. The lowest BCUT2D eigenvalue weighted by atomic mass is 10.0. The minimum absolute atomic E-state index is 0.153. The van der Waals surface area contributed by atoms with E-state index in [1.165, 1.54) is 32.1 Å². The SMILES string of the molecule is C=CN(c1cccnc1C)S(=O)(=O)c1ccc2c(c1)OCCN2C.CC1CCNCC1. The predicted molar refractivity (Wildman–Crippen MR) is 125 cm³/mol. The summed E-state index contributed by atoms with van der Waals surface area (Å²) in [5, 5.41) is 3.32. The van der Waals surface area contributed by atoms with Crippen LogP contribution in [0.1, 0.15) is 25.5 Å². The van der Waals surface area contributed by atoms with E-state index in [0.29, 0.717) is 23.7 Å². The van der Waals surface area contributed by atoms with Crippen LogP contribution in [0.15, 0.2) is 54.2 Å². The number of pyridine rings is 1. The largest absolute Gasteiger partial charge is 0.490 e. The van der Waals surface area contributed by atoms with E-state index in [9.17, 15) is 8.42 Å². The molecule has 2 aliphatic heterocycles. The van der Waals surface area contributed by atoms with Gasteiger partial charge in [0.05, 0.1) is 28.5 Å². The van der Waals surface area contributed by atoms with Crippen LogP contribution in [0.2, 0.25) is 0 Å². The zero-order chi connectivity index (χ0) is 22.4. The monoisotopic (exact) mass is 444 g/mol. The van der Waals surface area contributed by atoms with Gasteiger partial charge < -0.3 is 15.0 Å². The zero-order valence-electron chi connectivity index (χ0n) is 18.5. The number of sulfonamides is 1. The van der Waals surface area contributed by atoms with Crippen LogP contribution < -0.4 is 19.3 Å². The molecule has 0 radical (unpaired) electrons. The van der Waals surface area contributed by atoms with Crippen molar-refractivity contribution in [3.8, 4) is 5.75 Å². The topological polar surface area (TPSA) is 74.8 Å². The van der Waals surface area contributed by atoms with Gasteiger partial charge in [-0.25, -0.2) is 12.7 Å². The van der Waals surface area contributed by atoms with E-state index in [1.807, 2.05) is 11.9 Å². The smallest absolute Gasteiger partial charge is 0.268 e. The van der Waals surface area contributed by atoms with E-state index < -0.39 is 10.0 Å². The Hall–Kier alpha value is -2.58. The highest BCUT2D eigenvalue weighted by Crippen LogP contribution is 2.35. The van der Waals surface area contributed by atoms with Crippen molar-refractivity contribution in [1.29, 1.82) is 0 Å². The van der Waals surface area contributed by atoms with Crippen LogP contribution in [0.25, 0.3) is 0 Å². The lowest BCUT2D eigenvalue weighted by Gasteiger charge is -2.28. The number of nitrogens with zero attached hydrogens (tertiary/aromatic N) is 3. The van der Waals surface area contributed by atoms with Crippen LogP contribution in [0.3, 0.4) is 0 Å². The number of hydrogen-bond acceptors (Lipinski definition) is 6. The Morgan fingerprint density at radius 3 is 2.65 bits per heavy atom. The molecule has 31 heavy (non-hydrogen) atoms. The number of nitrogens with one attached hydrogen (secondary N) is 1. The highest BCUT2D eigenvalue weighted by Gasteiger charge is 2.26. The van der Waals surface area contributed by atoms with E-state index in [0.717, 1.165) is 22.5 Å². The van der Waals surface area contributed by atoms with Gasteiger partial charge in [-0.1, -0.05) is 13.5 Å². The molecule has 8 heteroatoms. The molecule has 1 N–H and O–H groups in total. The van der Waals surface area contributed by atoms with Crippen molar-refractivity contribution in [3.63, 3.8) is 0 Å². The van der Waals surface area contributed by atoms with Crippen molar-refractivity contribution < 1.29 is 13.2 Å². The van der Waals surface area contributed by atoms with Crippen molar-refractivity contribution in [2.45, 2.75) is 31.6 Å². The first-order valence-electron chi connectivity index (χ1n) is 10.6. The van der Waals surface area contributed by atoms with Crippen molar-refractivity contribution in [1.82, 2.24) is 10.3 Å². The first-order valence-corrected chi connectivity index (χ1v) is 12.1. The van der Waals surface area contributed by atoms with Crippen LogP contribution in [0, 0.1) is 12.8 Å². The molecule has 168 valence electrons. The van der Waals surface area contributed by atoms with Gasteiger partial charge in [0.2, 0.25) is 0 Å². The lowest BCUT2D eigenvalue weighted by Crippen LogP contribution is -2.30. The van der Waals surface area contributed by atoms with Gasteiger partial charge >= 0.3 is 0 Å². The molecule has 0 saturated carbocycles. The van der Waals surface area contributed by atoms with Crippen molar-refractivity contribution >= 4 is 21.4 Å². The zero-order valence-corrected chi connectivity index (χ0v) is 19.4. The summed E-state index contributed by atoms with van der Waals surface area (Å²) < 4.78 is 32.8. The van der Waals surface area contributed by atoms with E-state index in [2.05, 4.69) is 23.8 Å². The van der Waals surface area contributed by atoms with Crippen molar-refractivity contribution in [3.05, 3.63) is 55.0 Å². The summed E-state index contributed by atoms with van der Waals surface area (Å²) in [6.07, 6.45) is 5.65. The van der Waals surface area contributed by atoms with E-state index in [1.54, 1.807) is 43.5 Å². The third-order valence-corrected chi connectivity index (χ3v) is 7.31. The van der Waals surface area contributed by atoms with Gasteiger partial charge in [-0.15, -0.1) is 0 Å². The Morgan fingerprint density at radius 2 is 2.03 bits per heavy atom. The number of hydrogen-bond donors (Lipinski definition) is 1. The normalized spacial score (nSPS) is 16.4. The van der Waals surface area contributed by atoms with Crippen LogP contribution >= 0.6 is 0 Å². The van der Waals surface area contributed by atoms with Crippen LogP contribution in [-0.2, 0) is 10.0 Å². The maximum absolute atomic E-state index is 13.0. The fourth-order valence-electron chi connectivity index (χ4n) is 3.61. The summed E-state index contributed by atoms with van der Waals surface area (Å²) in [5.41, 5.74) is 1.96. The number of benzene rings is 1. The van der Waals surface area contributed by atoms with Crippen LogP contribution in [0.4, 0.5) is 11.4 Å². The molecule has 1 fully saturated rings. The number of aryl methyl sites for hydroxylation is 1. The second kappa shape index (κ2) is 10.2. The number of likely N-dealkylation sites (N-methyl/N-ethyl adjacent to an activating group) is 1. The molecule has 0 bridgehead atoms. The third kappa shape index (κ3) is 5.37. The van der Waals surface area contributed by atoms with E-state index in [4.69, 9.17) is 4.74 Å². The summed E-state index contributed by atoms with van der Waals surface area (Å²) in [5.74, 6) is 1.54. The molecular formula is C23H32N4O3S. The van der Waals surface area contributed by atoms with Crippen molar-refractivity contribution in [2.24, 2.45) is 5.92 Å². The Kier molecular flexibility index (Phi) is 7.56. The summed E-state index contributed by atoms with van der Waals surface area (Å²) in [7, 11) is -1.85. The average molecular weight is 445 g/mol. The Balaban J connectivity index is 0.000000330. The van der Waals surface area contributed by atoms with Crippen molar-refractivity contribution in [2.75, 3.05) is 42.5 Å². The van der Waals surface area contributed by atoms with Gasteiger partial charge in [-0.3, -0.25) is 4.98 Å². The summed E-state index contributed by atoms with van der Waals surface area (Å²) in [6.45, 7) is 11.5. The maximum Gasteiger partial charge on any atom is 0.268 e. The molecule has 0 amide bonds. The van der Waals surface area contributed by atoms with Gasteiger partial charge in [0.15, 0.2) is 0 Å². The molecule has 2 aliphatic rings. The fraction of sp³-hybridized carbons (Fsp3) is 0.435. The summed E-state index contributed by atoms with van der Waals surface area (Å²) >= 11 is 0. The number of fused-ring (bicyclic) bond motifs is 1. The first kappa shape index (κ1) is 23.1. The molecule has 1 aromatic carbocycles. The highest BCUT2D eigenvalue weighted by atomic mass is 32.2. The highest BCUT2D eigenvalue weighted by molar-refractivity contribution is 7.93. The predicted octanol–water partition coefficient (Wildman–Crippen LogP) is 3.56. The van der Waals surface area contributed by atoms with E-state index in [-0.39, 0.29) is 4.90 Å². The Bertz CT molecular complexity index is 1000. The quantitative estimate of drug-likeness (QED) is 0.777. The summed E-state index contributed by atoms with van der Waals surface area (Å²) in [4.78, 5) is 6.34. The van der Waals surface area contributed by atoms with Crippen LogP contribution in [-0.4, -0.2) is 46.7 Å². The molecule has 0 atom stereocenters. The number of ether oxygens (including phenoxy) is 1. The Morgan fingerprint density at radius 1 is 1.29 bits per heavy atom. The average Bonchev–Trinajstić information content (AvgIpc) is 2.76. The van der Waals surface area contributed by atoms with Gasteiger partial charge in [-0.05, 0) is 63.0 Å². The first-order chi connectivity index (χ1) is 14.8. The molecule has 0 spiro atoms. The van der Waals surface area contributed by atoms with E-state index >= 15 is 0 Å². The van der Waals surface area contributed by atoms with Gasteiger partial charge in [-0.2, -0.15) is 0 Å². The fourth-order valence-corrected chi connectivity index (χ4v) is 4.98. The second-order valence-electron chi connectivity index (χ2n) is 7.92. The maximum atomic E-state index is 13.0. The summed E-state index contributed by atoms with van der Waals surface area (Å²) in [6, 6.07) is 8.30. The minimum Gasteiger partial charge on any atom is -0.490 e. The molecule has 2 aromatic rings. The number of anilines is 2. The van der Waals surface area contributed by atoms with Gasteiger partial charge in [0.1, 0.15) is 12.4 Å². The van der Waals surface area contributed by atoms with Crippen LogP contribution in [0.5, 0.6) is 5.75 Å². The molecule has 3 heterocycles. The molecule has 0 aliphatic carbocycles. The number of aromatic nitrogens is 1. The second-order valence-corrected chi connectivity index (χ2v) is 9.74. The Labute approximate surface area is 185 Å². The lowest BCUT2D eigenvalue weighted by molar-refractivity contribution is 0.310. The number of piperidine rings is 1. The molecule has 7 nitrogen and oxygen atoms in total. The molecule has 1 aromatic heterocycles.